The number of rotatable bonds is 7. The van der Waals surface area contributed by atoms with Crippen LogP contribution in [0.3, 0.4) is 0 Å². The number of aliphatic carboxylic acids is 1. The molecule has 0 radical (unpaired) electrons. The molecule has 2 aromatic rings. The maximum absolute atomic E-state index is 12.5. The minimum Gasteiger partial charge on any atom is -0.480 e. The van der Waals surface area contributed by atoms with Crippen molar-refractivity contribution in [2.45, 2.75) is 45.7 Å². The van der Waals surface area contributed by atoms with Crippen LogP contribution in [0.15, 0.2) is 30.5 Å². The first-order chi connectivity index (χ1) is 10.6. The predicted octanol–water partition coefficient (Wildman–Crippen LogP) is 3.03. The number of nitrogens with one attached hydrogen (secondary N) is 1. The summed E-state index contributed by atoms with van der Waals surface area (Å²) in [7, 11) is 0. The number of unbranched alkanes of at least 4 members (excludes halogenated alkanes) is 1. The molecule has 0 saturated heterocycles. The lowest BCUT2D eigenvalue weighted by atomic mass is 10.1. The lowest BCUT2D eigenvalue weighted by Crippen LogP contribution is -2.40. The summed E-state index contributed by atoms with van der Waals surface area (Å²) >= 11 is 0. The van der Waals surface area contributed by atoms with Crippen molar-refractivity contribution in [2.75, 3.05) is 0 Å². The van der Waals surface area contributed by atoms with Crippen LogP contribution in [0.5, 0.6) is 0 Å². The van der Waals surface area contributed by atoms with Gasteiger partial charge in [0.15, 0.2) is 0 Å². The summed E-state index contributed by atoms with van der Waals surface area (Å²) in [6.45, 7) is 4.76. The van der Waals surface area contributed by atoms with E-state index in [2.05, 4.69) is 5.32 Å². The molecule has 1 unspecified atom stereocenters. The minimum absolute atomic E-state index is 0.327. The van der Waals surface area contributed by atoms with E-state index in [0.29, 0.717) is 12.0 Å². The average Bonchev–Trinajstić information content (AvgIpc) is 2.90. The van der Waals surface area contributed by atoms with Gasteiger partial charge in [-0.3, -0.25) is 4.79 Å². The summed E-state index contributed by atoms with van der Waals surface area (Å²) in [4.78, 5) is 23.8. The molecule has 0 aliphatic heterocycles. The smallest absolute Gasteiger partial charge is 0.326 e. The van der Waals surface area contributed by atoms with Gasteiger partial charge in [-0.2, -0.15) is 0 Å². The van der Waals surface area contributed by atoms with E-state index in [4.69, 9.17) is 0 Å². The number of aryl methyl sites for hydroxylation is 1. The van der Waals surface area contributed by atoms with Crippen molar-refractivity contribution < 1.29 is 14.7 Å². The molecule has 118 valence electrons. The van der Waals surface area contributed by atoms with Crippen molar-refractivity contribution in [1.29, 1.82) is 0 Å². The van der Waals surface area contributed by atoms with Gasteiger partial charge in [-0.25, -0.2) is 4.79 Å². The van der Waals surface area contributed by atoms with E-state index >= 15 is 0 Å². The summed E-state index contributed by atoms with van der Waals surface area (Å²) in [6, 6.07) is 6.82. The summed E-state index contributed by atoms with van der Waals surface area (Å²) in [5.74, 6) is -1.31. The van der Waals surface area contributed by atoms with Crippen LogP contribution < -0.4 is 5.32 Å². The summed E-state index contributed by atoms with van der Waals surface area (Å²) in [5, 5.41) is 12.7. The molecule has 0 aliphatic carbocycles. The van der Waals surface area contributed by atoms with Gasteiger partial charge in [0.2, 0.25) is 0 Å². The molecule has 5 nitrogen and oxygen atoms in total. The molecule has 5 heteroatoms. The molecule has 1 heterocycles. The minimum atomic E-state index is -0.985. The van der Waals surface area contributed by atoms with Crippen LogP contribution in [-0.4, -0.2) is 27.6 Å². The van der Waals surface area contributed by atoms with Crippen LogP contribution in [0.1, 0.15) is 43.5 Å². The average molecular weight is 302 g/mol. The van der Waals surface area contributed by atoms with Gasteiger partial charge in [-0.15, -0.1) is 0 Å². The number of aromatic nitrogens is 1. The molecule has 1 aromatic carbocycles. The SMILES string of the molecule is CCCCC(NC(=O)c1cn(CC)c2ccccc12)C(=O)O. The fourth-order valence-electron chi connectivity index (χ4n) is 2.59. The van der Waals surface area contributed by atoms with Crippen LogP contribution in [-0.2, 0) is 11.3 Å². The molecule has 2 rings (SSSR count). The number of fused-ring (bicyclic) bond motifs is 1. The number of para-hydroxylation sites is 1. The molecule has 1 amide bonds. The topological polar surface area (TPSA) is 71.3 Å². The predicted molar refractivity (Wildman–Crippen MR) is 86.0 cm³/mol. The van der Waals surface area contributed by atoms with E-state index in [9.17, 15) is 14.7 Å². The van der Waals surface area contributed by atoms with Crippen molar-refractivity contribution in [3.8, 4) is 0 Å². The van der Waals surface area contributed by atoms with E-state index in [1.54, 1.807) is 6.20 Å². The Labute approximate surface area is 129 Å². The summed E-state index contributed by atoms with van der Waals surface area (Å²) in [5.41, 5.74) is 1.51. The quantitative estimate of drug-likeness (QED) is 0.826. The lowest BCUT2D eigenvalue weighted by molar-refractivity contribution is -0.139. The molecule has 0 aliphatic rings. The fraction of sp³-hybridized carbons (Fsp3) is 0.412. The Morgan fingerprint density at radius 3 is 2.64 bits per heavy atom. The van der Waals surface area contributed by atoms with Gasteiger partial charge in [0.1, 0.15) is 6.04 Å². The van der Waals surface area contributed by atoms with E-state index < -0.39 is 12.0 Å². The molecule has 2 N–H and O–H groups in total. The Hall–Kier alpha value is -2.30. The maximum Gasteiger partial charge on any atom is 0.326 e. The highest BCUT2D eigenvalue weighted by atomic mass is 16.4. The van der Waals surface area contributed by atoms with E-state index in [1.165, 1.54) is 0 Å². The third kappa shape index (κ3) is 3.30. The molecule has 1 atom stereocenters. The standard InChI is InChI=1S/C17H22N2O3/c1-3-5-9-14(17(21)22)18-16(20)13-11-19(4-2)15-10-7-6-8-12(13)15/h6-8,10-11,14H,3-5,9H2,1-2H3,(H,18,20)(H,21,22). The first-order valence-corrected chi connectivity index (χ1v) is 7.70. The van der Waals surface area contributed by atoms with Crippen molar-refractivity contribution in [1.82, 2.24) is 9.88 Å². The van der Waals surface area contributed by atoms with E-state index in [0.717, 1.165) is 30.3 Å². The molecule has 0 spiro atoms. The van der Waals surface area contributed by atoms with E-state index in [-0.39, 0.29) is 5.91 Å². The van der Waals surface area contributed by atoms with Gasteiger partial charge >= 0.3 is 5.97 Å². The first-order valence-electron chi connectivity index (χ1n) is 7.70. The number of carboxylic acids is 1. The largest absolute Gasteiger partial charge is 0.480 e. The van der Waals surface area contributed by atoms with Gasteiger partial charge in [-0.1, -0.05) is 38.0 Å². The molecule has 1 aromatic heterocycles. The Balaban J connectivity index is 2.27. The van der Waals surface area contributed by atoms with Crippen molar-refractivity contribution in [2.24, 2.45) is 0 Å². The highest BCUT2D eigenvalue weighted by molar-refractivity contribution is 6.07. The third-order valence-corrected chi connectivity index (χ3v) is 3.82. The second-order valence-corrected chi connectivity index (χ2v) is 5.35. The van der Waals surface area contributed by atoms with Crippen LogP contribution in [0.4, 0.5) is 0 Å². The second-order valence-electron chi connectivity index (χ2n) is 5.35. The number of carbonyl (C=O) groups excluding carboxylic acids is 1. The van der Waals surface area contributed by atoms with Gasteiger partial charge in [0.25, 0.3) is 5.91 Å². The van der Waals surface area contributed by atoms with E-state index in [1.807, 2.05) is 42.7 Å². The Kier molecular flexibility index (Phi) is 5.20. The number of benzene rings is 1. The number of amides is 1. The zero-order valence-electron chi connectivity index (χ0n) is 13.0. The van der Waals surface area contributed by atoms with Crippen LogP contribution in [0.2, 0.25) is 0 Å². The zero-order chi connectivity index (χ0) is 16.1. The normalized spacial score (nSPS) is 12.3. The molecular formula is C17H22N2O3. The van der Waals surface area contributed by atoms with Gasteiger partial charge in [0.05, 0.1) is 5.56 Å². The summed E-state index contributed by atoms with van der Waals surface area (Å²) in [6.07, 6.45) is 3.91. The molecular weight excluding hydrogens is 280 g/mol. The molecule has 0 saturated carbocycles. The Bertz CT molecular complexity index is 676. The van der Waals surface area contributed by atoms with Crippen LogP contribution >= 0.6 is 0 Å². The Morgan fingerprint density at radius 1 is 1.27 bits per heavy atom. The summed E-state index contributed by atoms with van der Waals surface area (Å²) < 4.78 is 1.99. The lowest BCUT2D eigenvalue weighted by Gasteiger charge is -2.13. The third-order valence-electron chi connectivity index (χ3n) is 3.82. The number of nitrogens with zero attached hydrogens (tertiary/aromatic N) is 1. The first kappa shape index (κ1) is 16.1. The highest BCUT2D eigenvalue weighted by Gasteiger charge is 2.22. The highest BCUT2D eigenvalue weighted by Crippen LogP contribution is 2.21. The van der Waals surface area contributed by atoms with Gasteiger partial charge in [0, 0.05) is 23.6 Å². The number of carbonyl (C=O) groups is 2. The molecule has 0 bridgehead atoms. The van der Waals surface area contributed by atoms with Crippen molar-refractivity contribution in [3.63, 3.8) is 0 Å². The fourth-order valence-corrected chi connectivity index (χ4v) is 2.59. The van der Waals surface area contributed by atoms with Crippen molar-refractivity contribution >= 4 is 22.8 Å². The van der Waals surface area contributed by atoms with Crippen LogP contribution in [0.25, 0.3) is 10.9 Å². The number of hydrogen-bond donors (Lipinski definition) is 2. The van der Waals surface area contributed by atoms with Gasteiger partial charge in [-0.05, 0) is 19.4 Å². The van der Waals surface area contributed by atoms with Crippen molar-refractivity contribution in [3.05, 3.63) is 36.0 Å². The number of carboxylic acid groups (broad SMARTS) is 1. The molecule has 22 heavy (non-hydrogen) atoms. The number of hydrogen-bond acceptors (Lipinski definition) is 2. The molecule has 0 fully saturated rings. The second kappa shape index (κ2) is 7.11. The Morgan fingerprint density at radius 2 is 2.00 bits per heavy atom. The van der Waals surface area contributed by atoms with Gasteiger partial charge < -0.3 is 15.0 Å². The monoisotopic (exact) mass is 302 g/mol. The maximum atomic E-state index is 12.5. The van der Waals surface area contributed by atoms with Crippen LogP contribution in [0, 0.1) is 0 Å². The zero-order valence-corrected chi connectivity index (χ0v) is 13.0.